The average Bonchev–Trinajstić information content (AvgIpc) is 2.72. The van der Waals surface area contributed by atoms with Crippen LogP contribution in [0.15, 0.2) is 24.3 Å². The lowest BCUT2D eigenvalue weighted by Gasteiger charge is -2.32. The van der Waals surface area contributed by atoms with E-state index in [1.54, 1.807) is 0 Å². The molecule has 2 aliphatic rings. The Bertz CT molecular complexity index is 618. The number of hydrogen-bond acceptors (Lipinski definition) is 4. The molecular weight excluding hydrogens is 342 g/mol. The monoisotopic (exact) mass is 373 g/mol. The zero-order chi connectivity index (χ0) is 19.1. The highest BCUT2D eigenvalue weighted by molar-refractivity contribution is 5.94. The van der Waals surface area contributed by atoms with Gasteiger partial charge in [0.05, 0.1) is 0 Å². The van der Waals surface area contributed by atoms with Crippen LogP contribution in [-0.4, -0.2) is 54.6 Å². The normalized spacial score (nSPS) is 19.0. The molecule has 3 rings (SSSR count). The number of carbonyl (C=O) groups is 2. The molecule has 6 nitrogen and oxygen atoms in total. The van der Waals surface area contributed by atoms with Gasteiger partial charge in [-0.2, -0.15) is 0 Å². The van der Waals surface area contributed by atoms with Crippen LogP contribution < -0.4 is 10.6 Å². The number of piperidine rings is 2. The summed E-state index contributed by atoms with van der Waals surface area (Å²) >= 11 is 0. The minimum Gasteiger partial charge on any atom is -0.481 e. The Balaban J connectivity index is 1.44. The van der Waals surface area contributed by atoms with E-state index in [0.717, 1.165) is 69.2 Å². The van der Waals surface area contributed by atoms with Crippen molar-refractivity contribution in [1.82, 2.24) is 10.2 Å². The number of aliphatic carboxylic acids is 1. The lowest BCUT2D eigenvalue weighted by molar-refractivity contribution is -0.137. The van der Waals surface area contributed by atoms with Crippen LogP contribution >= 0.6 is 0 Å². The van der Waals surface area contributed by atoms with Crippen LogP contribution in [0.3, 0.4) is 0 Å². The van der Waals surface area contributed by atoms with Crippen molar-refractivity contribution in [3.05, 3.63) is 29.8 Å². The van der Waals surface area contributed by atoms with Gasteiger partial charge < -0.3 is 20.6 Å². The molecule has 148 valence electrons. The molecule has 6 heteroatoms. The lowest BCUT2D eigenvalue weighted by Crippen LogP contribution is -2.38. The fraction of sp³-hybridized carbons (Fsp3) is 0.619. The van der Waals surface area contributed by atoms with Crippen molar-refractivity contribution in [3.8, 4) is 0 Å². The number of nitrogens with one attached hydrogen (secondary N) is 2. The molecule has 0 bridgehead atoms. The third-order valence-corrected chi connectivity index (χ3v) is 5.85. The molecule has 2 saturated heterocycles. The molecule has 0 saturated carbocycles. The number of rotatable bonds is 7. The molecule has 0 aliphatic carbocycles. The molecular formula is C21H31N3O3. The highest BCUT2D eigenvalue weighted by atomic mass is 16.4. The molecule has 1 amide bonds. The van der Waals surface area contributed by atoms with E-state index in [-0.39, 0.29) is 12.3 Å². The van der Waals surface area contributed by atoms with Crippen LogP contribution in [0.2, 0.25) is 0 Å². The van der Waals surface area contributed by atoms with Gasteiger partial charge in [-0.1, -0.05) is 0 Å². The number of nitrogens with zero attached hydrogens (tertiary/aromatic N) is 1. The summed E-state index contributed by atoms with van der Waals surface area (Å²) in [5.74, 6) is 0.487. The third kappa shape index (κ3) is 5.96. The van der Waals surface area contributed by atoms with Gasteiger partial charge in [-0.3, -0.25) is 9.59 Å². The molecule has 1 aromatic rings. The number of carboxylic acid groups (broad SMARTS) is 1. The SMILES string of the molecule is O=C(O)CCC1CCN(C(=O)c2ccc(NCC3CCNCC3)cc2)CC1. The van der Waals surface area contributed by atoms with E-state index in [0.29, 0.717) is 5.92 Å². The Hall–Kier alpha value is -2.08. The number of amides is 1. The zero-order valence-corrected chi connectivity index (χ0v) is 16.0. The topological polar surface area (TPSA) is 81.7 Å². The van der Waals surface area contributed by atoms with Gasteiger partial charge in [0.25, 0.3) is 5.91 Å². The van der Waals surface area contributed by atoms with Crippen molar-refractivity contribution >= 4 is 17.6 Å². The summed E-state index contributed by atoms with van der Waals surface area (Å²) in [6.45, 7) is 4.63. The molecule has 3 N–H and O–H groups in total. The van der Waals surface area contributed by atoms with Crippen molar-refractivity contribution in [1.29, 1.82) is 0 Å². The average molecular weight is 373 g/mol. The number of anilines is 1. The summed E-state index contributed by atoms with van der Waals surface area (Å²) in [5.41, 5.74) is 1.80. The largest absolute Gasteiger partial charge is 0.481 e. The molecule has 0 radical (unpaired) electrons. The van der Waals surface area contributed by atoms with E-state index in [9.17, 15) is 9.59 Å². The molecule has 2 heterocycles. The predicted octanol–water partition coefficient (Wildman–Crippen LogP) is 2.82. The first-order chi connectivity index (χ1) is 13.1. The van der Waals surface area contributed by atoms with Gasteiger partial charge in [0.15, 0.2) is 0 Å². The van der Waals surface area contributed by atoms with E-state index in [2.05, 4.69) is 10.6 Å². The maximum absolute atomic E-state index is 12.7. The fourth-order valence-corrected chi connectivity index (χ4v) is 4.01. The molecule has 27 heavy (non-hydrogen) atoms. The van der Waals surface area contributed by atoms with Gasteiger partial charge >= 0.3 is 5.97 Å². The van der Waals surface area contributed by atoms with Crippen molar-refractivity contribution in [2.45, 2.75) is 38.5 Å². The summed E-state index contributed by atoms with van der Waals surface area (Å²) in [7, 11) is 0. The predicted molar refractivity (Wildman–Crippen MR) is 106 cm³/mol. The van der Waals surface area contributed by atoms with E-state index < -0.39 is 5.97 Å². The van der Waals surface area contributed by atoms with Gasteiger partial charge in [0.1, 0.15) is 0 Å². The summed E-state index contributed by atoms with van der Waals surface area (Å²) in [6.07, 6.45) is 5.17. The molecule has 0 spiro atoms. The first-order valence-electron chi connectivity index (χ1n) is 10.2. The number of likely N-dealkylation sites (tertiary alicyclic amines) is 1. The standard InChI is InChI=1S/C21H31N3O3/c25-20(26)6-1-16-9-13-24(14-10-16)21(27)18-2-4-19(5-3-18)23-15-17-7-11-22-12-8-17/h2-5,16-17,22-23H,1,6-15H2,(H,25,26). The number of benzene rings is 1. The Labute approximate surface area is 161 Å². The van der Waals surface area contributed by atoms with Crippen molar-refractivity contribution in [3.63, 3.8) is 0 Å². The lowest BCUT2D eigenvalue weighted by atomic mass is 9.92. The van der Waals surface area contributed by atoms with Crippen LogP contribution in [0.5, 0.6) is 0 Å². The Morgan fingerprint density at radius 1 is 1.04 bits per heavy atom. The van der Waals surface area contributed by atoms with Gasteiger partial charge in [-0.05, 0) is 81.3 Å². The van der Waals surface area contributed by atoms with Crippen LogP contribution in [0, 0.1) is 11.8 Å². The summed E-state index contributed by atoms with van der Waals surface area (Å²) in [6, 6.07) is 7.80. The number of carbonyl (C=O) groups excluding carboxylic acids is 1. The minimum atomic E-state index is -0.734. The second-order valence-corrected chi connectivity index (χ2v) is 7.82. The van der Waals surface area contributed by atoms with Crippen molar-refractivity contribution < 1.29 is 14.7 Å². The molecule has 0 unspecified atom stereocenters. The quantitative estimate of drug-likeness (QED) is 0.685. The molecule has 2 aliphatic heterocycles. The third-order valence-electron chi connectivity index (χ3n) is 5.85. The van der Waals surface area contributed by atoms with Crippen molar-refractivity contribution in [2.24, 2.45) is 11.8 Å². The van der Waals surface area contributed by atoms with Gasteiger partial charge in [-0.25, -0.2) is 0 Å². The number of hydrogen-bond donors (Lipinski definition) is 3. The van der Waals surface area contributed by atoms with Gasteiger partial charge in [0.2, 0.25) is 0 Å². The molecule has 0 aromatic heterocycles. The van der Waals surface area contributed by atoms with Gasteiger partial charge in [-0.15, -0.1) is 0 Å². The van der Waals surface area contributed by atoms with Gasteiger partial charge in [0, 0.05) is 37.3 Å². The highest BCUT2D eigenvalue weighted by Crippen LogP contribution is 2.23. The fourth-order valence-electron chi connectivity index (χ4n) is 4.01. The Kier molecular flexibility index (Phi) is 7.10. The summed E-state index contributed by atoms with van der Waals surface area (Å²) in [4.78, 5) is 25.3. The Morgan fingerprint density at radius 2 is 1.70 bits per heavy atom. The molecule has 1 aromatic carbocycles. The molecule has 0 atom stereocenters. The van der Waals surface area contributed by atoms with Crippen molar-refractivity contribution in [2.75, 3.05) is 38.0 Å². The summed E-state index contributed by atoms with van der Waals surface area (Å²) < 4.78 is 0. The maximum atomic E-state index is 12.7. The second-order valence-electron chi connectivity index (χ2n) is 7.82. The number of carboxylic acids is 1. The second kappa shape index (κ2) is 9.74. The van der Waals surface area contributed by atoms with E-state index in [1.807, 2.05) is 29.2 Å². The van der Waals surface area contributed by atoms with Crippen LogP contribution in [0.1, 0.15) is 48.9 Å². The summed E-state index contributed by atoms with van der Waals surface area (Å²) in [5, 5.41) is 15.7. The van der Waals surface area contributed by atoms with Crippen LogP contribution in [-0.2, 0) is 4.79 Å². The zero-order valence-electron chi connectivity index (χ0n) is 16.0. The first-order valence-corrected chi connectivity index (χ1v) is 10.2. The molecule has 2 fully saturated rings. The first kappa shape index (κ1) is 19.7. The smallest absolute Gasteiger partial charge is 0.303 e. The van der Waals surface area contributed by atoms with E-state index in [4.69, 9.17) is 5.11 Å². The maximum Gasteiger partial charge on any atom is 0.303 e. The Morgan fingerprint density at radius 3 is 2.33 bits per heavy atom. The van der Waals surface area contributed by atoms with Crippen LogP contribution in [0.25, 0.3) is 0 Å². The van der Waals surface area contributed by atoms with Crippen LogP contribution in [0.4, 0.5) is 5.69 Å². The minimum absolute atomic E-state index is 0.0802. The van der Waals surface area contributed by atoms with E-state index in [1.165, 1.54) is 12.8 Å². The highest BCUT2D eigenvalue weighted by Gasteiger charge is 2.24. The van der Waals surface area contributed by atoms with E-state index >= 15 is 0 Å².